The lowest BCUT2D eigenvalue weighted by Gasteiger charge is -2.47. The maximum absolute atomic E-state index is 13.5. The first kappa shape index (κ1) is 19.9. The van der Waals surface area contributed by atoms with Gasteiger partial charge in [0.05, 0.1) is 5.57 Å². The monoisotopic (exact) mass is 428 g/mol. The maximum Gasteiger partial charge on any atom is 0.166 e. The molecule has 2 N–H and O–H groups in total. The molecule has 0 spiro atoms. The number of benzene rings is 1. The third kappa shape index (κ3) is 2.77. The van der Waals surface area contributed by atoms with Crippen LogP contribution in [-0.2, 0) is 14.3 Å². The molecule has 0 radical (unpaired) electrons. The molecule has 1 aromatic heterocycles. The van der Waals surface area contributed by atoms with Crippen molar-refractivity contribution in [3.8, 4) is 0 Å². The van der Waals surface area contributed by atoms with Crippen molar-refractivity contribution in [2.75, 3.05) is 6.54 Å². The van der Waals surface area contributed by atoms with E-state index in [-0.39, 0.29) is 35.1 Å². The van der Waals surface area contributed by atoms with E-state index in [2.05, 4.69) is 30.1 Å². The molecule has 2 saturated carbocycles. The summed E-state index contributed by atoms with van der Waals surface area (Å²) in [7, 11) is 0. The smallest absolute Gasteiger partial charge is 0.166 e. The number of allylic oxidation sites excluding steroid dienone is 3. The van der Waals surface area contributed by atoms with Crippen molar-refractivity contribution in [1.82, 2.24) is 4.98 Å². The van der Waals surface area contributed by atoms with E-state index in [0.717, 1.165) is 46.9 Å². The Morgan fingerprint density at radius 1 is 1.19 bits per heavy atom. The molecular formula is C27H28N2O3. The first-order chi connectivity index (χ1) is 15.5. The summed E-state index contributed by atoms with van der Waals surface area (Å²) in [6.45, 7) is 2.76. The second kappa shape index (κ2) is 7.11. The first-order valence-electron chi connectivity index (χ1n) is 11.7. The third-order valence-corrected chi connectivity index (χ3v) is 8.44. The van der Waals surface area contributed by atoms with Gasteiger partial charge in [-0.05, 0) is 59.4 Å². The third-order valence-electron chi connectivity index (χ3n) is 8.44. The van der Waals surface area contributed by atoms with Gasteiger partial charge in [-0.1, -0.05) is 25.1 Å². The average Bonchev–Trinajstić information content (AvgIpc) is 3.08. The Hall–Kier alpha value is -2.79. The molecule has 5 nitrogen and oxygen atoms in total. The standard InChI is InChI=1S/C27H28N2O3/c1-27-7-5-16-11-20-22(30)9-15(13-28)10-24(20)32-26(16)21(27)12-23(31)25(27)19-4-2-3-17-14-29-8-6-18(17)19/h2-4,6,8,11,14-15,21,25-26H,5,7,9-10,12-13,28H2,1H3/t15?,21-,25-,26+,27-/m0/s1. The van der Waals surface area contributed by atoms with Crippen LogP contribution in [0.5, 0.6) is 0 Å². The highest BCUT2D eigenvalue weighted by Crippen LogP contribution is 2.61. The van der Waals surface area contributed by atoms with Gasteiger partial charge < -0.3 is 10.5 Å². The van der Waals surface area contributed by atoms with Crippen molar-refractivity contribution in [1.29, 1.82) is 0 Å². The zero-order chi connectivity index (χ0) is 22.0. The fourth-order valence-electron chi connectivity index (χ4n) is 6.74. The van der Waals surface area contributed by atoms with Crippen LogP contribution < -0.4 is 5.73 Å². The SMILES string of the molecule is C[C@]12CCC3=CC4=C(CC(CN)CC4=O)O[C@H]3[C@@H]1CC(=O)[C@@H]2c1cccc2cnccc12. The van der Waals surface area contributed by atoms with E-state index < -0.39 is 0 Å². The van der Waals surface area contributed by atoms with Crippen LogP contribution in [0.25, 0.3) is 10.8 Å². The van der Waals surface area contributed by atoms with E-state index in [1.54, 1.807) is 6.20 Å². The number of carbonyl (C=O) groups excluding carboxylic acids is 2. The Kier molecular flexibility index (Phi) is 4.41. The van der Waals surface area contributed by atoms with E-state index in [1.165, 1.54) is 5.57 Å². The summed E-state index contributed by atoms with van der Waals surface area (Å²) >= 11 is 0. The number of ketones is 2. The molecule has 2 heterocycles. The molecule has 0 saturated heterocycles. The van der Waals surface area contributed by atoms with E-state index in [0.29, 0.717) is 25.2 Å². The molecule has 4 aliphatic rings. The number of Topliss-reactive ketones (excluding diaryl/α,β-unsaturated/α-hetero) is 2. The van der Waals surface area contributed by atoms with Crippen LogP contribution in [0.1, 0.15) is 50.5 Å². The minimum absolute atomic E-state index is 0.111. The summed E-state index contributed by atoms with van der Waals surface area (Å²) < 4.78 is 6.57. The van der Waals surface area contributed by atoms with Gasteiger partial charge >= 0.3 is 0 Å². The van der Waals surface area contributed by atoms with Gasteiger partial charge in [0.2, 0.25) is 0 Å². The highest BCUT2D eigenvalue weighted by molar-refractivity contribution is 6.00. The fourth-order valence-corrected chi connectivity index (χ4v) is 6.74. The molecule has 3 aliphatic carbocycles. The fraction of sp³-hybridized carbons (Fsp3) is 0.444. The van der Waals surface area contributed by atoms with Crippen LogP contribution in [0.4, 0.5) is 0 Å². The van der Waals surface area contributed by atoms with Gasteiger partial charge in [-0.25, -0.2) is 0 Å². The normalized spacial score (nSPS) is 34.0. The number of ether oxygens (including phenoxy) is 1. The van der Waals surface area contributed by atoms with Crippen molar-refractivity contribution < 1.29 is 14.3 Å². The van der Waals surface area contributed by atoms with Gasteiger partial charge in [-0.3, -0.25) is 14.6 Å². The molecule has 2 aromatic rings. The molecule has 5 heteroatoms. The molecule has 5 atom stereocenters. The number of hydrogen-bond donors (Lipinski definition) is 1. The van der Waals surface area contributed by atoms with E-state index in [1.807, 2.05) is 18.3 Å². The Labute approximate surface area is 187 Å². The maximum atomic E-state index is 13.5. The average molecular weight is 429 g/mol. The molecule has 1 aliphatic heterocycles. The summed E-state index contributed by atoms with van der Waals surface area (Å²) in [6, 6.07) is 8.22. The Bertz CT molecular complexity index is 1210. The van der Waals surface area contributed by atoms with Gasteiger partial charge in [-0.2, -0.15) is 0 Å². The number of nitrogens with zero attached hydrogens (tertiary/aromatic N) is 1. The number of rotatable bonds is 2. The first-order valence-corrected chi connectivity index (χ1v) is 11.7. The zero-order valence-electron chi connectivity index (χ0n) is 18.3. The zero-order valence-corrected chi connectivity index (χ0v) is 18.3. The molecule has 0 amide bonds. The van der Waals surface area contributed by atoms with Crippen molar-refractivity contribution >= 4 is 22.3 Å². The summed E-state index contributed by atoms with van der Waals surface area (Å²) in [5, 5.41) is 2.18. The van der Waals surface area contributed by atoms with E-state index in [4.69, 9.17) is 10.5 Å². The predicted octanol–water partition coefficient (Wildman–Crippen LogP) is 4.22. The Balaban J connectivity index is 1.39. The molecule has 1 unspecified atom stereocenters. The van der Waals surface area contributed by atoms with Crippen LogP contribution >= 0.6 is 0 Å². The molecule has 2 fully saturated rings. The Morgan fingerprint density at radius 2 is 2.06 bits per heavy atom. The second-order valence-electron chi connectivity index (χ2n) is 10.2. The lowest BCUT2D eigenvalue weighted by atomic mass is 9.60. The lowest BCUT2D eigenvalue weighted by Crippen LogP contribution is -2.44. The molecular weight excluding hydrogens is 400 g/mol. The molecule has 164 valence electrons. The summed E-state index contributed by atoms with van der Waals surface area (Å²) in [6.07, 6.45) is 9.15. The quantitative estimate of drug-likeness (QED) is 0.774. The van der Waals surface area contributed by atoms with Gasteiger partial charge in [-0.15, -0.1) is 0 Å². The van der Waals surface area contributed by atoms with Crippen LogP contribution in [0, 0.1) is 17.3 Å². The molecule has 0 bridgehead atoms. The molecule has 32 heavy (non-hydrogen) atoms. The summed E-state index contributed by atoms with van der Waals surface area (Å²) in [5.41, 5.74) is 8.73. The summed E-state index contributed by atoms with van der Waals surface area (Å²) in [5.74, 6) is 1.34. The van der Waals surface area contributed by atoms with Crippen molar-refractivity contribution in [2.45, 2.75) is 51.0 Å². The van der Waals surface area contributed by atoms with Crippen LogP contribution in [0.2, 0.25) is 0 Å². The Morgan fingerprint density at radius 3 is 2.91 bits per heavy atom. The second-order valence-corrected chi connectivity index (χ2v) is 10.2. The number of carbonyl (C=O) groups is 2. The van der Waals surface area contributed by atoms with Crippen LogP contribution in [0.15, 0.2) is 59.6 Å². The van der Waals surface area contributed by atoms with Gasteiger partial charge in [0.25, 0.3) is 0 Å². The van der Waals surface area contributed by atoms with E-state index in [9.17, 15) is 9.59 Å². The number of nitrogens with two attached hydrogens (primary N) is 1. The highest BCUT2D eigenvalue weighted by atomic mass is 16.5. The van der Waals surface area contributed by atoms with Crippen molar-refractivity contribution in [3.63, 3.8) is 0 Å². The van der Waals surface area contributed by atoms with Gasteiger partial charge in [0.1, 0.15) is 17.6 Å². The summed E-state index contributed by atoms with van der Waals surface area (Å²) in [4.78, 5) is 30.5. The molecule has 6 rings (SSSR count). The van der Waals surface area contributed by atoms with Crippen LogP contribution in [0.3, 0.4) is 0 Å². The number of fused-ring (bicyclic) bond motifs is 4. The van der Waals surface area contributed by atoms with E-state index >= 15 is 0 Å². The molecule has 1 aromatic carbocycles. The number of aromatic nitrogens is 1. The topological polar surface area (TPSA) is 82.3 Å². The van der Waals surface area contributed by atoms with Gasteiger partial charge in [0.15, 0.2) is 5.78 Å². The number of hydrogen-bond acceptors (Lipinski definition) is 5. The van der Waals surface area contributed by atoms with Crippen molar-refractivity contribution in [3.05, 3.63) is 65.2 Å². The largest absolute Gasteiger partial charge is 0.489 e. The lowest BCUT2D eigenvalue weighted by molar-refractivity contribution is -0.120. The van der Waals surface area contributed by atoms with Crippen molar-refractivity contribution in [2.24, 2.45) is 23.0 Å². The minimum Gasteiger partial charge on any atom is -0.489 e. The number of pyridine rings is 1. The van der Waals surface area contributed by atoms with Gasteiger partial charge in [0, 0.05) is 48.9 Å². The highest BCUT2D eigenvalue weighted by Gasteiger charge is 2.59. The van der Waals surface area contributed by atoms with Crippen LogP contribution in [-0.4, -0.2) is 29.2 Å². The predicted molar refractivity (Wildman–Crippen MR) is 122 cm³/mol. The minimum atomic E-state index is -0.180.